The third kappa shape index (κ3) is 4.01. The topological polar surface area (TPSA) is 114 Å². The Labute approximate surface area is 202 Å². The number of aromatic amines is 1. The van der Waals surface area contributed by atoms with Gasteiger partial charge in [0.15, 0.2) is 5.75 Å². The van der Waals surface area contributed by atoms with Crippen LogP contribution >= 0.6 is 15.9 Å². The van der Waals surface area contributed by atoms with E-state index < -0.39 is 5.97 Å². The van der Waals surface area contributed by atoms with Crippen LogP contribution < -0.4 is 4.74 Å². The standard InChI is InChI=1S/C25H18BrN5O3/c1-2-20-23(22(25(32)33)19-13-15(26)9-12-21(19)27-20)34-16-10-7-14(8-11-16)17-5-3-4-6-18(17)24-28-30-31-29-24/h3-13H,2H2,1H3,(H,32,33)(H,28,29,30,31). The second-order valence-electron chi connectivity index (χ2n) is 7.49. The number of H-pyrrole nitrogens is 1. The number of tetrazole rings is 1. The molecule has 0 aliphatic carbocycles. The quantitative estimate of drug-likeness (QED) is 0.289. The zero-order valence-corrected chi connectivity index (χ0v) is 19.6. The average molecular weight is 516 g/mol. The summed E-state index contributed by atoms with van der Waals surface area (Å²) >= 11 is 3.42. The molecule has 0 amide bonds. The van der Waals surface area contributed by atoms with Gasteiger partial charge in [-0.15, -0.1) is 10.2 Å². The summed E-state index contributed by atoms with van der Waals surface area (Å²) in [5.74, 6) is 0.193. The number of nitrogens with zero attached hydrogens (tertiary/aromatic N) is 4. The molecule has 0 fully saturated rings. The van der Waals surface area contributed by atoms with Crippen LogP contribution in [0.4, 0.5) is 0 Å². The number of ether oxygens (including phenoxy) is 1. The summed E-state index contributed by atoms with van der Waals surface area (Å²) in [5, 5.41) is 24.8. The maximum absolute atomic E-state index is 12.3. The fourth-order valence-corrected chi connectivity index (χ4v) is 4.22. The molecule has 0 aliphatic rings. The molecule has 3 aromatic carbocycles. The summed E-state index contributed by atoms with van der Waals surface area (Å²) in [6.07, 6.45) is 0.526. The largest absolute Gasteiger partial charge is 0.478 e. The molecule has 8 nitrogen and oxygen atoms in total. The number of hydrogen-bond acceptors (Lipinski definition) is 6. The van der Waals surface area contributed by atoms with E-state index in [1.54, 1.807) is 24.3 Å². The van der Waals surface area contributed by atoms with E-state index in [0.29, 0.717) is 34.6 Å². The van der Waals surface area contributed by atoms with Crippen molar-refractivity contribution in [3.8, 4) is 34.0 Å². The van der Waals surface area contributed by atoms with Gasteiger partial charge >= 0.3 is 5.97 Å². The molecule has 0 spiro atoms. The number of aryl methyl sites for hydroxylation is 1. The summed E-state index contributed by atoms with van der Waals surface area (Å²) in [5.41, 5.74) is 4.00. The van der Waals surface area contributed by atoms with E-state index in [1.807, 2.05) is 49.4 Å². The molecule has 5 rings (SSSR count). The highest BCUT2D eigenvalue weighted by molar-refractivity contribution is 9.10. The normalized spacial score (nSPS) is 11.0. The third-order valence-corrected chi connectivity index (χ3v) is 5.91. The lowest BCUT2D eigenvalue weighted by Gasteiger charge is -2.15. The first-order valence-corrected chi connectivity index (χ1v) is 11.3. The maximum Gasteiger partial charge on any atom is 0.340 e. The number of pyridine rings is 1. The second kappa shape index (κ2) is 9.03. The first-order chi connectivity index (χ1) is 16.5. The molecule has 2 N–H and O–H groups in total. The van der Waals surface area contributed by atoms with Crippen molar-refractivity contribution < 1.29 is 14.6 Å². The molecule has 0 unspecified atom stereocenters. The van der Waals surface area contributed by atoms with Gasteiger partial charge in [-0.25, -0.2) is 9.78 Å². The Balaban J connectivity index is 1.55. The Kier molecular flexibility index (Phi) is 5.77. The Morgan fingerprint density at radius 3 is 2.50 bits per heavy atom. The van der Waals surface area contributed by atoms with Gasteiger partial charge in [0.2, 0.25) is 5.82 Å². The molecule has 168 valence electrons. The van der Waals surface area contributed by atoms with Gasteiger partial charge in [0.05, 0.1) is 11.2 Å². The number of carboxylic acids is 1. The molecular formula is C25H18BrN5O3. The summed E-state index contributed by atoms with van der Waals surface area (Å²) in [6, 6.07) is 20.6. The van der Waals surface area contributed by atoms with Crippen molar-refractivity contribution in [2.75, 3.05) is 0 Å². The minimum Gasteiger partial charge on any atom is -0.478 e. The van der Waals surface area contributed by atoms with Crippen molar-refractivity contribution in [2.24, 2.45) is 0 Å². The van der Waals surface area contributed by atoms with Gasteiger partial charge in [0.1, 0.15) is 11.3 Å². The molecule has 0 saturated heterocycles. The second-order valence-corrected chi connectivity index (χ2v) is 8.41. The number of carboxylic acid groups (broad SMARTS) is 1. The van der Waals surface area contributed by atoms with Crippen LogP contribution in [0.1, 0.15) is 23.0 Å². The number of benzene rings is 3. The molecule has 5 aromatic rings. The van der Waals surface area contributed by atoms with Gasteiger partial charge in [-0.1, -0.05) is 59.3 Å². The number of carbonyl (C=O) groups is 1. The van der Waals surface area contributed by atoms with E-state index in [0.717, 1.165) is 21.2 Å². The van der Waals surface area contributed by atoms with E-state index in [4.69, 9.17) is 4.74 Å². The number of nitrogens with one attached hydrogen (secondary N) is 1. The number of aromatic carboxylic acids is 1. The van der Waals surface area contributed by atoms with Crippen LogP contribution in [0.2, 0.25) is 0 Å². The zero-order chi connectivity index (χ0) is 23.7. The lowest BCUT2D eigenvalue weighted by molar-refractivity contribution is 0.0696. The zero-order valence-electron chi connectivity index (χ0n) is 18.0. The van der Waals surface area contributed by atoms with Gasteiger partial charge in [-0.3, -0.25) is 0 Å². The molecule has 0 aliphatic heterocycles. The average Bonchev–Trinajstić information content (AvgIpc) is 3.39. The van der Waals surface area contributed by atoms with Gasteiger partial charge in [-0.05, 0) is 53.1 Å². The van der Waals surface area contributed by atoms with Crippen LogP contribution in [0.15, 0.2) is 71.2 Å². The van der Waals surface area contributed by atoms with E-state index in [1.165, 1.54) is 0 Å². The van der Waals surface area contributed by atoms with Crippen molar-refractivity contribution in [3.05, 3.63) is 82.5 Å². The lowest BCUT2D eigenvalue weighted by atomic mass is 9.99. The molecule has 2 aromatic heterocycles. The molecule has 0 radical (unpaired) electrons. The van der Waals surface area contributed by atoms with Crippen LogP contribution in [-0.4, -0.2) is 36.7 Å². The SMILES string of the molecule is CCc1nc2ccc(Br)cc2c(C(=O)O)c1Oc1ccc(-c2ccccc2-c2nn[nH]n2)cc1. The summed E-state index contributed by atoms with van der Waals surface area (Å²) in [4.78, 5) is 16.9. The lowest BCUT2D eigenvalue weighted by Crippen LogP contribution is -2.06. The number of aromatic nitrogens is 5. The molecule has 2 heterocycles. The third-order valence-electron chi connectivity index (χ3n) is 5.42. The van der Waals surface area contributed by atoms with Crippen molar-refractivity contribution in [2.45, 2.75) is 13.3 Å². The highest BCUT2D eigenvalue weighted by atomic mass is 79.9. The van der Waals surface area contributed by atoms with Crippen molar-refractivity contribution in [1.29, 1.82) is 0 Å². The van der Waals surface area contributed by atoms with Gasteiger partial charge < -0.3 is 9.84 Å². The highest BCUT2D eigenvalue weighted by Crippen LogP contribution is 2.36. The first-order valence-electron chi connectivity index (χ1n) is 10.5. The fraction of sp³-hybridized carbons (Fsp3) is 0.0800. The first kappa shape index (κ1) is 21.7. The van der Waals surface area contributed by atoms with Crippen LogP contribution in [0, 0.1) is 0 Å². The molecular weight excluding hydrogens is 498 g/mol. The Bertz CT molecular complexity index is 1500. The summed E-state index contributed by atoms with van der Waals surface area (Å²) in [7, 11) is 0. The molecule has 0 saturated carbocycles. The summed E-state index contributed by atoms with van der Waals surface area (Å²) < 4.78 is 6.90. The minimum atomic E-state index is -1.07. The molecule has 9 heteroatoms. The molecule has 0 atom stereocenters. The number of rotatable bonds is 6. The van der Waals surface area contributed by atoms with Crippen molar-refractivity contribution in [1.82, 2.24) is 25.6 Å². The van der Waals surface area contributed by atoms with Gasteiger partial charge in [0.25, 0.3) is 0 Å². The highest BCUT2D eigenvalue weighted by Gasteiger charge is 2.22. The number of halogens is 1. The van der Waals surface area contributed by atoms with Crippen LogP contribution in [-0.2, 0) is 6.42 Å². The molecule has 34 heavy (non-hydrogen) atoms. The van der Waals surface area contributed by atoms with Crippen LogP contribution in [0.5, 0.6) is 11.5 Å². The van der Waals surface area contributed by atoms with E-state index in [-0.39, 0.29) is 11.3 Å². The van der Waals surface area contributed by atoms with E-state index >= 15 is 0 Å². The molecule has 0 bridgehead atoms. The fourth-order valence-electron chi connectivity index (χ4n) is 3.86. The van der Waals surface area contributed by atoms with Gasteiger partial charge in [-0.2, -0.15) is 5.21 Å². The Morgan fingerprint density at radius 1 is 1.06 bits per heavy atom. The van der Waals surface area contributed by atoms with Crippen molar-refractivity contribution >= 4 is 32.8 Å². The smallest absolute Gasteiger partial charge is 0.340 e. The predicted molar refractivity (Wildman–Crippen MR) is 131 cm³/mol. The van der Waals surface area contributed by atoms with Crippen LogP contribution in [0.25, 0.3) is 33.4 Å². The number of fused-ring (bicyclic) bond motifs is 1. The predicted octanol–water partition coefficient (Wildman–Crippen LogP) is 5.90. The Morgan fingerprint density at radius 2 is 1.82 bits per heavy atom. The minimum absolute atomic E-state index is 0.0923. The summed E-state index contributed by atoms with van der Waals surface area (Å²) in [6.45, 7) is 1.92. The van der Waals surface area contributed by atoms with E-state index in [2.05, 4.69) is 41.5 Å². The van der Waals surface area contributed by atoms with Gasteiger partial charge in [0, 0.05) is 15.4 Å². The van der Waals surface area contributed by atoms with E-state index in [9.17, 15) is 9.90 Å². The van der Waals surface area contributed by atoms with Crippen molar-refractivity contribution in [3.63, 3.8) is 0 Å². The Hall–Kier alpha value is -4.11. The monoisotopic (exact) mass is 515 g/mol. The van der Waals surface area contributed by atoms with Crippen LogP contribution in [0.3, 0.4) is 0 Å². The maximum atomic E-state index is 12.3. The number of hydrogen-bond donors (Lipinski definition) is 2.